The molecule has 0 spiro atoms. The van der Waals surface area contributed by atoms with Crippen molar-refractivity contribution >= 4 is 79.8 Å². The summed E-state index contributed by atoms with van der Waals surface area (Å²) in [6.07, 6.45) is -0.421. The standard InChI is InChI=1S/C60H72N8O4.C9H21OSi.Al/c1-29(2)49(30(3)4)69-41-25-17-21-37-45(41)57-61-53(37)66-58-47-39(23-19-27-43(47)71-51(33(9)10)34(11)12)55(63-58)68-60-48-40(24-20-28-44(48)72-52(35(13)14)36(15)16)56(64-60)67-59-46-38(54(62-59)65-57)22-18-26-42(46)70-50(31(5)6)32(7)8;1-7(2)11(10,8(3)4)9(5)6;/h17-36,49-52H,1-16H3;7-9H,1-6H3;/q-2;-1;+3. The van der Waals surface area contributed by atoms with Crippen molar-refractivity contribution < 1.29 is 22.4 Å². The molecule has 0 saturated heterocycles. The van der Waals surface area contributed by atoms with Crippen LogP contribution in [0.5, 0.6) is 23.0 Å². The van der Waals surface area contributed by atoms with Crippen molar-refractivity contribution in [3.8, 4) is 23.0 Å². The highest BCUT2D eigenvalue weighted by Gasteiger charge is 2.53. The average molecular weight is 1170 g/mol. The van der Waals surface area contributed by atoms with E-state index in [2.05, 4.69) is 232 Å². The van der Waals surface area contributed by atoms with Crippen molar-refractivity contribution in [1.82, 2.24) is 7.10 Å². The zero-order chi connectivity index (χ0) is 60.7. The molecular weight excluding hydrogens is 1080 g/mol. The van der Waals surface area contributed by atoms with Gasteiger partial charge in [-0.3, -0.25) is 0 Å². The Hall–Kier alpha value is -5.85. The van der Waals surface area contributed by atoms with E-state index in [0.717, 1.165) is 43.8 Å². The monoisotopic (exact) mass is 1170 g/mol. The Morgan fingerprint density at radius 1 is 0.345 bits per heavy atom. The van der Waals surface area contributed by atoms with Crippen LogP contribution in [0.25, 0.3) is 21.5 Å². The summed E-state index contributed by atoms with van der Waals surface area (Å²) in [6.45, 7) is 49.8. The van der Waals surface area contributed by atoms with E-state index in [1.807, 2.05) is 0 Å². The van der Waals surface area contributed by atoms with Gasteiger partial charge in [-0.2, -0.15) is 0 Å². The highest BCUT2D eigenvalue weighted by atomic mass is 28.4. The van der Waals surface area contributed by atoms with Gasteiger partial charge in [-0.25, -0.2) is 30.0 Å². The van der Waals surface area contributed by atoms with E-state index in [-0.39, 0.29) is 88.4 Å². The lowest BCUT2D eigenvalue weighted by molar-refractivity contribution is 0.105. The van der Waals surface area contributed by atoms with Crippen LogP contribution in [0.1, 0.15) is 175 Å². The number of amidine groups is 4. The highest BCUT2D eigenvalue weighted by molar-refractivity contribution is 6.83. The van der Waals surface area contributed by atoms with Gasteiger partial charge >= 0.3 is 14.9 Å². The third kappa shape index (κ3) is 10.6. The molecule has 2 aromatic heterocycles. The predicted molar refractivity (Wildman–Crippen MR) is 350 cm³/mol. The van der Waals surface area contributed by atoms with Gasteiger partial charge in [-0.15, -0.1) is 0 Å². The number of rotatable bonds is 21. The fourth-order valence-corrected chi connectivity index (χ4v) is 25.9. The number of hydrogen-bond donors (Lipinski definition) is 0. The molecule has 15 heteroatoms. The molecule has 6 bridgehead atoms. The molecule has 6 heterocycles. The molecule has 0 atom stereocenters. The van der Waals surface area contributed by atoms with Crippen LogP contribution < -0.4 is 29.9 Å². The Balaban J connectivity index is 1.49. The number of fused-ring (bicyclic) bond motifs is 14. The van der Waals surface area contributed by atoms with E-state index in [9.17, 15) is 0 Å². The Labute approximate surface area is 506 Å². The zero-order valence-corrected chi connectivity index (χ0v) is 56.4. The number of hydrogen-bond acceptors (Lipinski definition) is 11. The van der Waals surface area contributed by atoms with Crippen LogP contribution in [0.15, 0.2) is 103 Å². The van der Waals surface area contributed by atoms with Crippen molar-refractivity contribution in [3.63, 3.8) is 0 Å². The van der Waals surface area contributed by atoms with Gasteiger partial charge in [-0.05, 0) is 88.2 Å². The van der Waals surface area contributed by atoms with Crippen molar-refractivity contribution in [3.05, 3.63) is 106 Å². The first-order valence-electron chi connectivity index (χ1n) is 31.5. The zero-order valence-electron chi connectivity index (χ0n) is 54.3. The molecule has 0 saturated carbocycles. The van der Waals surface area contributed by atoms with Crippen LogP contribution in [0.2, 0.25) is 16.6 Å². The highest BCUT2D eigenvalue weighted by Crippen LogP contribution is 2.50. The van der Waals surface area contributed by atoms with Crippen molar-refractivity contribution in [2.75, 3.05) is 0 Å². The van der Waals surface area contributed by atoms with E-state index in [1.54, 1.807) is 0 Å². The van der Waals surface area contributed by atoms with Crippen LogP contribution >= 0.6 is 0 Å². The van der Waals surface area contributed by atoms with Crippen LogP contribution in [0.3, 0.4) is 0 Å². The predicted octanol–water partition coefficient (Wildman–Crippen LogP) is 16.4. The summed E-state index contributed by atoms with van der Waals surface area (Å²) in [6, 6.07) is 25.2. The summed E-state index contributed by atoms with van der Waals surface area (Å²) in [5.41, 5.74) is 5.12. The summed E-state index contributed by atoms with van der Waals surface area (Å²) in [5.74, 6) is 7.92. The van der Waals surface area contributed by atoms with Gasteiger partial charge in [0.05, 0.1) is 21.9 Å². The molecule has 0 fully saturated rings. The molecule has 84 heavy (non-hydrogen) atoms. The molecule has 6 aromatic rings. The van der Waals surface area contributed by atoms with Crippen molar-refractivity contribution in [2.45, 2.75) is 193 Å². The van der Waals surface area contributed by atoms with E-state index in [4.69, 9.17) is 52.4 Å². The first-order chi connectivity index (χ1) is 39.8. The van der Waals surface area contributed by atoms with Crippen molar-refractivity contribution in [1.29, 1.82) is 0 Å². The maximum atomic E-state index is 8.68. The third-order valence-corrected chi connectivity index (χ3v) is 27.7. The molecule has 4 aromatic carbocycles. The van der Waals surface area contributed by atoms with Gasteiger partial charge in [0.15, 0.2) is 31.7 Å². The summed E-state index contributed by atoms with van der Waals surface area (Å²) in [7, 11) is -2.91. The van der Waals surface area contributed by atoms with Gasteiger partial charge in [-0.1, -0.05) is 201 Å². The van der Waals surface area contributed by atoms with Gasteiger partial charge in [0.1, 0.15) is 70.0 Å². The first kappa shape index (κ1) is 61.2. The molecule has 0 radical (unpaired) electrons. The molecule has 446 valence electrons. The maximum Gasteiger partial charge on any atom is 0.798 e. The number of aromatic nitrogens is 2. The minimum Gasteiger partial charge on any atom is -0.508 e. The van der Waals surface area contributed by atoms with Crippen LogP contribution in [0.4, 0.5) is 11.6 Å². The second-order valence-electron chi connectivity index (χ2n) is 27.8. The van der Waals surface area contributed by atoms with E-state index in [0.29, 0.717) is 69.0 Å². The van der Waals surface area contributed by atoms with E-state index >= 15 is 0 Å². The average Bonchev–Trinajstić information content (AvgIpc) is 1.71. The van der Waals surface area contributed by atoms with Crippen LogP contribution in [0, 0.1) is 47.3 Å². The van der Waals surface area contributed by atoms with Gasteiger partial charge in [0, 0.05) is 21.9 Å². The molecule has 0 aliphatic carbocycles. The SMILES string of the molecule is CC(C)C(Oc1cccc2c1C1=NC2=Nc2c3c(OC(C(C)C)C(C)C)cccc3c3[n]2[Al]([O][Si](C(C)C)(C(C)C)C(C)C)[n]2c(c4cccc(OC(C(C)C)C(C)C)c4c2=NC2=NC(=N3)c3c(OC(C(C)C)C(C)C)cccc32)=N1)C(C)C. The molecule has 4 aliphatic rings. The molecular formula is C69H93AlN8O5Si. The fraction of sp³-hybridized carbons (Fsp3) is 0.536. The van der Waals surface area contributed by atoms with Crippen molar-refractivity contribution in [2.24, 2.45) is 77.3 Å². The summed E-state index contributed by atoms with van der Waals surface area (Å²) < 4.78 is 42.7. The normalized spacial score (nSPS) is 15.0. The number of ether oxygens (including phenoxy) is 4. The molecule has 0 amide bonds. The molecule has 13 nitrogen and oxygen atoms in total. The first-order valence-corrected chi connectivity index (χ1v) is 35.1. The number of nitrogens with zero attached hydrogens (tertiary/aromatic N) is 8. The summed E-state index contributed by atoms with van der Waals surface area (Å²) in [4.78, 5) is 35.0. The smallest absolute Gasteiger partial charge is 0.508 e. The number of aliphatic imine (C=N–C) groups is 4. The molecule has 4 aliphatic heterocycles. The lowest BCUT2D eigenvalue weighted by atomic mass is 9.96. The second kappa shape index (κ2) is 23.8. The Kier molecular flexibility index (Phi) is 17.3. The largest absolute Gasteiger partial charge is 0.798 e. The minimum absolute atomic E-state index is 0.0869. The van der Waals surface area contributed by atoms with Crippen LogP contribution in [-0.4, -0.2) is 78.1 Å². The maximum absolute atomic E-state index is 8.68. The van der Waals surface area contributed by atoms with Gasteiger partial charge < -0.3 is 29.5 Å². The third-order valence-electron chi connectivity index (χ3n) is 17.9. The van der Waals surface area contributed by atoms with Crippen LogP contribution in [-0.2, 0) is 3.48 Å². The molecule has 10 rings (SSSR count). The van der Waals surface area contributed by atoms with Gasteiger partial charge in [0.25, 0.3) is 0 Å². The van der Waals surface area contributed by atoms with E-state index < -0.39 is 23.2 Å². The van der Waals surface area contributed by atoms with Gasteiger partial charge in [0.2, 0.25) is 0 Å². The summed E-state index contributed by atoms with van der Waals surface area (Å²) in [5, 5.41) is 3.35. The Morgan fingerprint density at radius 3 is 1.15 bits per heavy atom. The number of benzene rings is 4. The Morgan fingerprint density at radius 2 is 0.702 bits per heavy atom. The fourth-order valence-electron chi connectivity index (χ4n) is 14.5. The lowest BCUT2D eigenvalue weighted by Crippen LogP contribution is -2.59. The molecule has 0 N–H and O–H groups in total. The topological polar surface area (TPSA) is 130 Å². The molecule has 0 unspecified atom stereocenters. The summed E-state index contributed by atoms with van der Waals surface area (Å²) >= 11 is -3.44. The Bertz CT molecular complexity index is 3690. The minimum atomic E-state index is -3.44. The quantitative estimate of drug-likeness (QED) is 0.0663. The second-order valence-corrected chi connectivity index (χ2v) is 35.6. The van der Waals surface area contributed by atoms with E-state index in [1.165, 1.54) is 0 Å². The lowest BCUT2D eigenvalue weighted by Gasteiger charge is -2.45.